The average molecular weight is 358 g/mol. The molecular formula is C13H16BrN3S2. The van der Waals surface area contributed by atoms with Crippen LogP contribution in [0.25, 0.3) is 0 Å². The van der Waals surface area contributed by atoms with Crippen molar-refractivity contribution in [2.75, 3.05) is 6.54 Å². The van der Waals surface area contributed by atoms with Gasteiger partial charge in [-0.25, -0.2) is 4.98 Å². The molecule has 3 nitrogen and oxygen atoms in total. The Hall–Kier alpha value is -0.430. The van der Waals surface area contributed by atoms with Gasteiger partial charge in [-0.3, -0.25) is 0 Å². The lowest BCUT2D eigenvalue weighted by Gasteiger charge is -2.09. The van der Waals surface area contributed by atoms with Gasteiger partial charge < -0.3 is 5.32 Å². The van der Waals surface area contributed by atoms with Crippen molar-refractivity contribution in [3.63, 3.8) is 0 Å². The molecule has 0 atom stereocenters. The van der Waals surface area contributed by atoms with Gasteiger partial charge in [-0.1, -0.05) is 40.7 Å². The molecule has 0 unspecified atom stereocenters. The minimum absolute atomic E-state index is 0.841. The topological polar surface area (TPSA) is 37.8 Å². The fourth-order valence-electron chi connectivity index (χ4n) is 1.58. The van der Waals surface area contributed by atoms with Crippen LogP contribution in [0.2, 0.25) is 0 Å². The lowest BCUT2D eigenvalue weighted by atomic mass is 10.2. The monoisotopic (exact) mass is 357 g/mol. The maximum absolute atomic E-state index is 4.41. The van der Waals surface area contributed by atoms with Gasteiger partial charge in [0.1, 0.15) is 5.82 Å². The predicted octanol–water partition coefficient (Wildman–Crippen LogP) is 4.26. The van der Waals surface area contributed by atoms with E-state index in [2.05, 4.69) is 55.7 Å². The van der Waals surface area contributed by atoms with Crippen LogP contribution >= 0.6 is 39.2 Å². The Kier molecular flexibility index (Phi) is 5.81. The number of hydrogen-bond donors (Lipinski definition) is 1. The molecule has 0 saturated heterocycles. The van der Waals surface area contributed by atoms with E-state index in [0.717, 1.165) is 34.1 Å². The van der Waals surface area contributed by atoms with Gasteiger partial charge in [-0.15, -0.1) is 0 Å². The number of benzene rings is 1. The molecule has 1 N–H and O–H groups in total. The van der Waals surface area contributed by atoms with Crippen LogP contribution in [0.1, 0.15) is 24.7 Å². The summed E-state index contributed by atoms with van der Waals surface area (Å²) in [5.74, 6) is 0.841. The second-order valence-electron chi connectivity index (χ2n) is 4.14. The third-order valence-electron chi connectivity index (χ3n) is 2.48. The van der Waals surface area contributed by atoms with E-state index in [1.54, 1.807) is 11.8 Å². The highest BCUT2D eigenvalue weighted by Gasteiger charge is 2.08. The van der Waals surface area contributed by atoms with Crippen LogP contribution in [-0.2, 0) is 6.54 Å². The summed E-state index contributed by atoms with van der Waals surface area (Å²) < 4.78 is 6.31. The van der Waals surface area contributed by atoms with E-state index in [9.17, 15) is 0 Å². The Labute approximate surface area is 130 Å². The van der Waals surface area contributed by atoms with E-state index < -0.39 is 0 Å². The second kappa shape index (κ2) is 7.38. The van der Waals surface area contributed by atoms with Crippen LogP contribution in [0.4, 0.5) is 0 Å². The Balaban J connectivity index is 2.14. The Bertz CT molecular complexity index is 542. The predicted molar refractivity (Wildman–Crippen MR) is 84.9 cm³/mol. The van der Waals surface area contributed by atoms with Crippen molar-refractivity contribution < 1.29 is 0 Å². The molecule has 0 fully saturated rings. The van der Waals surface area contributed by atoms with Crippen molar-refractivity contribution >= 4 is 39.2 Å². The summed E-state index contributed by atoms with van der Waals surface area (Å²) >= 11 is 6.67. The van der Waals surface area contributed by atoms with Gasteiger partial charge in [0.15, 0.2) is 4.34 Å². The SMILES string of the molecule is CCCNCc1ccc(Br)cc1Sc1nc(C)ns1. The number of halogens is 1. The number of aromatic nitrogens is 2. The highest BCUT2D eigenvalue weighted by molar-refractivity contribution is 9.10. The number of aryl methyl sites for hydroxylation is 1. The maximum Gasteiger partial charge on any atom is 0.174 e. The van der Waals surface area contributed by atoms with Crippen LogP contribution < -0.4 is 5.32 Å². The van der Waals surface area contributed by atoms with Crippen molar-refractivity contribution in [2.24, 2.45) is 0 Å². The van der Waals surface area contributed by atoms with Crippen LogP contribution in [0.15, 0.2) is 31.9 Å². The molecule has 0 radical (unpaired) electrons. The third kappa shape index (κ3) is 4.56. The average Bonchev–Trinajstić information content (AvgIpc) is 2.78. The molecule has 1 heterocycles. The molecule has 0 aliphatic rings. The molecule has 2 aromatic rings. The molecule has 0 spiro atoms. The first-order chi connectivity index (χ1) is 9.19. The summed E-state index contributed by atoms with van der Waals surface area (Å²) in [7, 11) is 0. The normalized spacial score (nSPS) is 10.9. The van der Waals surface area contributed by atoms with Crippen LogP contribution in [0.5, 0.6) is 0 Å². The largest absolute Gasteiger partial charge is 0.313 e. The highest BCUT2D eigenvalue weighted by Crippen LogP contribution is 2.33. The van der Waals surface area contributed by atoms with Gasteiger partial charge in [0.2, 0.25) is 0 Å². The van der Waals surface area contributed by atoms with Gasteiger partial charge in [0, 0.05) is 15.9 Å². The number of nitrogens with zero attached hydrogens (tertiary/aromatic N) is 2. The summed E-state index contributed by atoms with van der Waals surface area (Å²) in [5, 5.41) is 3.44. The van der Waals surface area contributed by atoms with Gasteiger partial charge in [-0.2, -0.15) is 4.37 Å². The van der Waals surface area contributed by atoms with Crippen LogP contribution in [0, 0.1) is 6.92 Å². The first-order valence-corrected chi connectivity index (χ1v) is 8.54. The molecule has 1 aromatic carbocycles. The Morgan fingerprint density at radius 1 is 1.42 bits per heavy atom. The second-order valence-corrected chi connectivity index (χ2v) is 7.09. The zero-order valence-electron chi connectivity index (χ0n) is 10.9. The fourth-order valence-corrected chi connectivity index (χ4v) is 3.87. The molecule has 19 heavy (non-hydrogen) atoms. The van der Waals surface area contributed by atoms with E-state index in [4.69, 9.17) is 0 Å². The summed E-state index contributed by atoms with van der Waals surface area (Å²) in [6.07, 6.45) is 1.15. The lowest BCUT2D eigenvalue weighted by molar-refractivity contribution is 0.669. The lowest BCUT2D eigenvalue weighted by Crippen LogP contribution is -2.14. The maximum atomic E-state index is 4.41. The van der Waals surface area contributed by atoms with E-state index in [1.807, 2.05) is 6.92 Å². The van der Waals surface area contributed by atoms with E-state index >= 15 is 0 Å². The van der Waals surface area contributed by atoms with Crippen molar-refractivity contribution in [1.82, 2.24) is 14.7 Å². The molecule has 0 aliphatic carbocycles. The van der Waals surface area contributed by atoms with Gasteiger partial charge >= 0.3 is 0 Å². The van der Waals surface area contributed by atoms with E-state index in [0.29, 0.717) is 0 Å². The van der Waals surface area contributed by atoms with Gasteiger partial charge in [0.05, 0.1) is 0 Å². The molecule has 0 bridgehead atoms. The molecule has 0 amide bonds. The number of rotatable bonds is 6. The smallest absolute Gasteiger partial charge is 0.174 e. The minimum Gasteiger partial charge on any atom is -0.313 e. The molecule has 6 heteroatoms. The van der Waals surface area contributed by atoms with Gasteiger partial charge in [-0.05, 0) is 49.1 Å². The molecule has 1 aromatic heterocycles. The summed E-state index contributed by atoms with van der Waals surface area (Å²) in [6.45, 7) is 6.03. The van der Waals surface area contributed by atoms with Crippen molar-refractivity contribution in [1.29, 1.82) is 0 Å². The summed E-state index contributed by atoms with van der Waals surface area (Å²) in [5.41, 5.74) is 1.30. The first-order valence-electron chi connectivity index (χ1n) is 6.16. The first kappa shape index (κ1) is 15.0. The zero-order valence-corrected chi connectivity index (χ0v) is 14.2. The minimum atomic E-state index is 0.841. The van der Waals surface area contributed by atoms with E-state index in [-0.39, 0.29) is 0 Å². The van der Waals surface area contributed by atoms with Crippen LogP contribution in [-0.4, -0.2) is 15.9 Å². The quantitative estimate of drug-likeness (QED) is 0.783. The van der Waals surface area contributed by atoms with E-state index in [1.165, 1.54) is 22.0 Å². The number of nitrogens with one attached hydrogen (secondary N) is 1. The molecule has 0 saturated carbocycles. The van der Waals surface area contributed by atoms with Crippen LogP contribution in [0.3, 0.4) is 0 Å². The molecule has 102 valence electrons. The highest BCUT2D eigenvalue weighted by atomic mass is 79.9. The third-order valence-corrected chi connectivity index (χ3v) is 4.91. The summed E-state index contributed by atoms with van der Waals surface area (Å²) in [6, 6.07) is 6.38. The molecule has 0 aliphatic heterocycles. The standard InChI is InChI=1S/C13H16BrN3S2/c1-3-6-15-8-10-4-5-11(14)7-12(10)18-13-16-9(2)17-19-13/h4-5,7,15H,3,6,8H2,1-2H3. The van der Waals surface area contributed by atoms with Crippen molar-refractivity contribution in [3.8, 4) is 0 Å². The molecule has 2 rings (SSSR count). The Morgan fingerprint density at radius 2 is 2.26 bits per heavy atom. The number of hydrogen-bond acceptors (Lipinski definition) is 5. The fraction of sp³-hybridized carbons (Fsp3) is 0.385. The molecular weight excluding hydrogens is 342 g/mol. The summed E-state index contributed by atoms with van der Waals surface area (Å²) in [4.78, 5) is 5.64. The van der Waals surface area contributed by atoms with Crippen molar-refractivity contribution in [2.45, 2.75) is 36.0 Å². The Morgan fingerprint density at radius 3 is 2.95 bits per heavy atom. The van der Waals surface area contributed by atoms with Crippen molar-refractivity contribution in [3.05, 3.63) is 34.1 Å². The zero-order chi connectivity index (χ0) is 13.7. The van der Waals surface area contributed by atoms with Gasteiger partial charge in [0.25, 0.3) is 0 Å².